The molecule has 1 aromatic carbocycles. The first-order valence-electron chi connectivity index (χ1n) is 11.4. The molecule has 3 heterocycles. The van der Waals surface area contributed by atoms with Crippen molar-refractivity contribution in [2.45, 2.75) is 70.9 Å². The van der Waals surface area contributed by atoms with E-state index < -0.39 is 0 Å². The van der Waals surface area contributed by atoms with E-state index in [9.17, 15) is 0 Å². The van der Waals surface area contributed by atoms with E-state index in [1.807, 2.05) is 6.07 Å². The maximum absolute atomic E-state index is 9.02. The predicted molar refractivity (Wildman–Crippen MR) is 121 cm³/mol. The Morgan fingerprint density at radius 1 is 1.23 bits per heavy atom. The quantitative estimate of drug-likeness (QED) is 0.166. The van der Waals surface area contributed by atoms with E-state index in [4.69, 9.17) is 15.5 Å². The summed E-state index contributed by atoms with van der Waals surface area (Å²) in [5.41, 5.74) is 7.92. The van der Waals surface area contributed by atoms with Crippen molar-refractivity contribution in [3.05, 3.63) is 36.4 Å². The summed E-state index contributed by atoms with van der Waals surface area (Å²) in [6.07, 6.45) is 11.6. The summed E-state index contributed by atoms with van der Waals surface area (Å²) >= 11 is 0. The van der Waals surface area contributed by atoms with Gasteiger partial charge in [0.25, 0.3) is 0 Å². The zero-order valence-corrected chi connectivity index (χ0v) is 18.2. The molecule has 31 heavy (non-hydrogen) atoms. The summed E-state index contributed by atoms with van der Waals surface area (Å²) in [7, 11) is 0. The van der Waals surface area contributed by atoms with Crippen molar-refractivity contribution in [2.24, 2.45) is 10.9 Å². The van der Waals surface area contributed by atoms with Gasteiger partial charge < -0.3 is 24.9 Å². The van der Waals surface area contributed by atoms with Crippen molar-refractivity contribution in [2.75, 3.05) is 6.54 Å². The molecule has 0 aliphatic carbocycles. The number of likely N-dealkylation sites (tertiary alicyclic amines) is 1. The number of unbranched alkanes of at least 4 members (excludes halogenated alkanes) is 5. The normalized spacial score (nSPS) is 17.1. The number of oxime groups is 1. The minimum Gasteiger partial charge on any atom is -0.408 e. The Labute approximate surface area is 182 Å². The third-order valence-electron chi connectivity index (χ3n) is 6.16. The van der Waals surface area contributed by atoms with Gasteiger partial charge in [-0.15, -0.1) is 0 Å². The van der Waals surface area contributed by atoms with Gasteiger partial charge in [-0.3, -0.25) is 0 Å². The van der Waals surface area contributed by atoms with Crippen molar-refractivity contribution >= 4 is 16.9 Å². The van der Waals surface area contributed by atoms with Crippen LogP contribution in [0.25, 0.3) is 22.3 Å². The molecule has 0 saturated carbocycles. The van der Waals surface area contributed by atoms with Gasteiger partial charge in [-0.25, -0.2) is 0 Å². The summed E-state index contributed by atoms with van der Waals surface area (Å²) < 4.78 is 7.88. The van der Waals surface area contributed by atoms with Crippen molar-refractivity contribution in [3.8, 4) is 11.4 Å². The van der Waals surface area contributed by atoms with Crippen LogP contribution in [0.5, 0.6) is 0 Å². The number of rotatable bonds is 9. The van der Waals surface area contributed by atoms with E-state index in [0.717, 1.165) is 24.9 Å². The minimum atomic E-state index is -0.155. The molecule has 8 nitrogen and oxygen atoms in total. The number of nitrogens with zero attached hydrogens (tertiary/aromatic N) is 5. The first kappa shape index (κ1) is 21.2. The van der Waals surface area contributed by atoms with Crippen LogP contribution >= 0.6 is 0 Å². The van der Waals surface area contributed by atoms with Gasteiger partial charge in [0.05, 0.1) is 0 Å². The highest BCUT2D eigenvalue weighted by Crippen LogP contribution is 2.32. The number of fused-ring (bicyclic) bond motifs is 1. The highest BCUT2D eigenvalue weighted by Gasteiger charge is 2.32. The SMILES string of the molecule is CCCCCCCCn1ccc2ccc(-c3noc([C@@H]4CCCN4/C(N)=N/O)n3)cc21. The van der Waals surface area contributed by atoms with Crippen LogP contribution in [-0.4, -0.2) is 37.3 Å². The standard InChI is InChI=1S/C23H32N6O2/c1-2-3-4-5-6-7-13-28-15-12-17-10-11-18(16-20(17)28)21-25-22(31-27-21)19-9-8-14-29(19)23(24)26-30/h10-12,15-16,19,30H,2-9,13-14H2,1H3,(H2,24,26)/t19-/m0/s1. The Morgan fingerprint density at radius 3 is 2.90 bits per heavy atom. The minimum absolute atomic E-state index is 0.0798. The lowest BCUT2D eigenvalue weighted by Gasteiger charge is -2.21. The fourth-order valence-electron chi connectivity index (χ4n) is 4.42. The zero-order chi connectivity index (χ0) is 21.6. The average molecular weight is 425 g/mol. The summed E-state index contributed by atoms with van der Waals surface area (Å²) in [6.45, 7) is 3.97. The first-order valence-corrected chi connectivity index (χ1v) is 11.4. The Bertz CT molecular complexity index is 1020. The van der Waals surface area contributed by atoms with Crippen LogP contribution in [-0.2, 0) is 6.54 Å². The lowest BCUT2D eigenvalue weighted by Crippen LogP contribution is -2.36. The van der Waals surface area contributed by atoms with Crippen LogP contribution in [0.1, 0.15) is 70.2 Å². The van der Waals surface area contributed by atoms with Gasteiger partial charge in [0.2, 0.25) is 17.7 Å². The summed E-state index contributed by atoms with van der Waals surface area (Å²) in [5, 5.41) is 17.6. The lowest BCUT2D eigenvalue weighted by atomic mass is 10.1. The number of hydrogen-bond acceptors (Lipinski definition) is 5. The number of aromatic nitrogens is 3. The molecule has 2 aromatic heterocycles. The number of benzene rings is 1. The molecule has 3 N–H and O–H groups in total. The molecule has 0 unspecified atom stereocenters. The van der Waals surface area contributed by atoms with Gasteiger partial charge in [-0.1, -0.05) is 61.5 Å². The van der Waals surface area contributed by atoms with Gasteiger partial charge >= 0.3 is 0 Å². The molecular formula is C23H32N6O2. The van der Waals surface area contributed by atoms with E-state index in [-0.39, 0.29) is 12.0 Å². The van der Waals surface area contributed by atoms with Crippen molar-refractivity contribution in [3.63, 3.8) is 0 Å². The highest BCUT2D eigenvalue weighted by molar-refractivity contribution is 5.84. The van der Waals surface area contributed by atoms with Crippen LogP contribution < -0.4 is 5.73 Å². The van der Waals surface area contributed by atoms with Crippen molar-refractivity contribution < 1.29 is 9.73 Å². The van der Waals surface area contributed by atoms with E-state index in [2.05, 4.69) is 51.2 Å². The molecule has 8 heteroatoms. The number of hydrogen-bond donors (Lipinski definition) is 2. The van der Waals surface area contributed by atoms with Crippen LogP contribution in [0, 0.1) is 0 Å². The van der Waals surface area contributed by atoms with E-state index in [0.29, 0.717) is 18.3 Å². The second-order valence-corrected chi connectivity index (χ2v) is 8.32. The Kier molecular flexibility index (Phi) is 6.74. The van der Waals surface area contributed by atoms with Gasteiger partial charge in [0, 0.05) is 30.4 Å². The molecule has 0 bridgehead atoms. The van der Waals surface area contributed by atoms with Gasteiger partial charge in [-0.05, 0) is 36.8 Å². The Balaban J connectivity index is 1.48. The molecule has 1 fully saturated rings. The topological polar surface area (TPSA) is 106 Å². The van der Waals surface area contributed by atoms with Crippen LogP contribution in [0.15, 0.2) is 40.1 Å². The molecule has 3 aromatic rings. The highest BCUT2D eigenvalue weighted by atomic mass is 16.5. The summed E-state index contributed by atoms with van der Waals surface area (Å²) in [4.78, 5) is 6.43. The van der Waals surface area contributed by atoms with Gasteiger partial charge in [-0.2, -0.15) is 4.98 Å². The molecular weight excluding hydrogens is 392 g/mol. The van der Waals surface area contributed by atoms with Crippen LogP contribution in [0.4, 0.5) is 0 Å². The number of guanidine groups is 1. The molecule has 1 saturated heterocycles. The third-order valence-corrected chi connectivity index (χ3v) is 6.16. The lowest BCUT2D eigenvalue weighted by molar-refractivity contribution is 0.263. The fraction of sp³-hybridized carbons (Fsp3) is 0.522. The van der Waals surface area contributed by atoms with E-state index >= 15 is 0 Å². The zero-order valence-electron chi connectivity index (χ0n) is 18.2. The Morgan fingerprint density at radius 2 is 2.06 bits per heavy atom. The summed E-state index contributed by atoms with van der Waals surface area (Å²) in [6, 6.07) is 8.28. The second kappa shape index (κ2) is 9.85. The van der Waals surface area contributed by atoms with Crippen molar-refractivity contribution in [1.29, 1.82) is 0 Å². The largest absolute Gasteiger partial charge is 0.408 e. The molecule has 1 atom stereocenters. The van der Waals surface area contributed by atoms with Crippen molar-refractivity contribution in [1.82, 2.24) is 19.6 Å². The van der Waals surface area contributed by atoms with E-state index in [1.165, 1.54) is 49.4 Å². The summed E-state index contributed by atoms with van der Waals surface area (Å²) in [5.74, 6) is 1.15. The molecule has 0 spiro atoms. The smallest absolute Gasteiger partial charge is 0.249 e. The second-order valence-electron chi connectivity index (χ2n) is 8.32. The molecule has 0 amide bonds. The molecule has 1 aliphatic rings. The predicted octanol–water partition coefficient (Wildman–Crippen LogP) is 4.89. The van der Waals surface area contributed by atoms with Gasteiger partial charge in [0.15, 0.2) is 0 Å². The maximum atomic E-state index is 9.02. The monoisotopic (exact) mass is 424 g/mol. The van der Waals surface area contributed by atoms with Crippen LogP contribution in [0.2, 0.25) is 0 Å². The molecule has 4 rings (SSSR count). The first-order chi connectivity index (χ1) is 15.2. The third kappa shape index (κ3) is 4.68. The van der Waals surface area contributed by atoms with Gasteiger partial charge in [0.1, 0.15) is 6.04 Å². The molecule has 1 aliphatic heterocycles. The maximum Gasteiger partial charge on any atom is 0.249 e. The van der Waals surface area contributed by atoms with Crippen LogP contribution in [0.3, 0.4) is 0 Å². The number of nitrogens with two attached hydrogens (primary N) is 1. The fourth-order valence-corrected chi connectivity index (χ4v) is 4.42. The van der Waals surface area contributed by atoms with E-state index in [1.54, 1.807) is 4.90 Å². The average Bonchev–Trinajstić information content (AvgIpc) is 3.54. The molecule has 0 radical (unpaired) electrons. The Hall–Kier alpha value is -3.03. The number of aryl methyl sites for hydroxylation is 1. The molecule has 166 valence electrons.